The number of ether oxygens (including phenoxy) is 2. The predicted molar refractivity (Wildman–Crippen MR) is 88.3 cm³/mol. The molecule has 1 aromatic rings. The van der Waals surface area contributed by atoms with Crippen molar-refractivity contribution in [1.82, 2.24) is 4.90 Å². The van der Waals surface area contributed by atoms with Crippen LogP contribution in [0.15, 0.2) is 30.3 Å². The Balaban J connectivity index is 2.32. The molecular formula is C18H23NO6. The summed E-state index contributed by atoms with van der Waals surface area (Å²) in [6.45, 7) is 3.85. The third kappa shape index (κ3) is 4.17. The Morgan fingerprint density at radius 2 is 1.96 bits per heavy atom. The molecule has 0 aliphatic carbocycles. The second-order valence-electron chi connectivity index (χ2n) is 6.34. The van der Waals surface area contributed by atoms with Crippen molar-refractivity contribution >= 4 is 18.0 Å². The van der Waals surface area contributed by atoms with Gasteiger partial charge in [0.2, 0.25) is 5.91 Å². The number of aliphatic hydroxyl groups excluding tert-OH is 1. The van der Waals surface area contributed by atoms with Gasteiger partial charge in [-0.1, -0.05) is 44.2 Å². The Hall–Kier alpha value is -2.41. The van der Waals surface area contributed by atoms with E-state index in [-0.39, 0.29) is 18.9 Å². The summed E-state index contributed by atoms with van der Waals surface area (Å²) in [5.74, 6) is -2.42. The first kappa shape index (κ1) is 18.9. The Morgan fingerprint density at radius 3 is 2.52 bits per heavy atom. The maximum atomic E-state index is 13.0. The number of hydrogen-bond acceptors (Lipinski definition) is 6. The Bertz CT molecular complexity index is 630. The Kier molecular flexibility index (Phi) is 6.14. The van der Waals surface area contributed by atoms with Crippen LogP contribution < -0.4 is 0 Å². The second-order valence-corrected chi connectivity index (χ2v) is 6.34. The van der Waals surface area contributed by atoms with E-state index < -0.39 is 36.0 Å². The van der Waals surface area contributed by atoms with E-state index in [1.54, 1.807) is 30.3 Å². The van der Waals surface area contributed by atoms with Gasteiger partial charge in [0.25, 0.3) is 0 Å². The topological polar surface area (TPSA) is 93.1 Å². The maximum Gasteiger partial charge on any atom is 0.416 e. The lowest BCUT2D eigenvalue weighted by Gasteiger charge is -2.29. The molecule has 25 heavy (non-hydrogen) atoms. The van der Waals surface area contributed by atoms with Crippen molar-refractivity contribution in [2.24, 2.45) is 11.8 Å². The van der Waals surface area contributed by atoms with Crippen molar-refractivity contribution in [1.29, 1.82) is 0 Å². The normalized spacial score (nSPS) is 19.5. The van der Waals surface area contributed by atoms with E-state index in [1.165, 1.54) is 7.11 Å². The van der Waals surface area contributed by atoms with Crippen molar-refractivity contribution in [2.45, 2.75) is 32.4 Å². The standard InChI is InChI=1S/C18H23NO6/c1-11(2)14-10-25-18(23)19(14)17(22)13(9-15(20)24-3)16(21)12-7-5-4-6-8-12/h4-8,11,13-14,16,21H,9-10H2,1-3H3/t13-,14-,16-/m1/s1. The molecule has 136 valence electrons. The van der Waals surface area contributed by atoms with Crippen molar-refractivity contribution in [3.05, 3.63) is 35.9 Å². The molecule has 1 saturated heterocycles. The number of carbonyl (C=O) groups is 3. The van der Waals surface area contributed by atoms with Crippen LogP contribution in [-0.4, -0.2) is 47.7 Å². The number of imide groups is 1. The summed E-state index contributed by atoms with van der Waals surface area (Å²) in [6, 6.07) is 8.11. The van der Waals surface area contributed by atoms with Crippen LogP contribution in [0.3, 0.4) is 0 Å². The molecule has 3 atom stereocenters. The highest BCUT2D eigenvalue weighted by Crippen LogP contribution is 2.30. The van der Waals surface area contributed by atoms with E-state index in [4.69, 9.17) is 4.74 Å². The molecule has 1 fully saturated rings. The van der Waals surface area contributed by atoms with E-state index in [9.17, 15) is 19.5 Å². The number of aliphatic hydroxyl groups is 1. The van der Waals surface area contributed by atoms with Crippen molar-refractivity contribution < 1.29 is 29.0 Å². The fourth-order valence-corrected chi connectivity index (χ4v) is 2.84. The van der Waals surface area contributed by atoms with Crippen LogP contribution in [0, 0.1) is 11.8 Å². The predicted octanol–water partition coefficient (Wildman–Crippen LogP) is 1.90. The highest BCUT2D eigenvalue weighted by molar-refractivity contribution is 5.96. The molecule has 1 aliphatic heterocycles. The second kappa shape index (κ2) is 8.11. The highest BCUT2D eigenvalue weighted by atomic mass is 16.6. The molecule has 0 unspecified atom stereocenters. The average molecular weight is 349 g/mol. The summed E-state index contributed by atoms with van der Waals surface area (Å²) in [6.07, 6.45) is -2.33. The molecule has 1 aromatic carbocycles. The van der Waals surface area contributed by atoms with E-state index >= 15 is 0 Å². The number of rotatable bonds is 6. The minimum Gasteiger partial charge on any atom is -0.469 e. The van der Waals surface area contributed by atoms with Crippen LogP contribution in [-0.2, 0) is 19.1 Å². The summed E-state index contributed by atoms with van der Waals surface area (Å²) in [7, 11) is 1.21. The number of amides is 2. The van der Waals surface area contributed by atoms with Gasteiger partial charge in [-0.2, -0.15) is 0 Å². The quantitative estimate of drug-likeness (QED) is 0.789. The monoisotopic (exact) mass is 349 g/mol. The molecule has 0 aromatic heterocycles. The molecular weight excluding hydrogens is 326 g/mol. The number of benzene rings is 1. The van der Waals surface area contributed by atoms with Crippen LogP contribution in [0.1, 0.15) is 31.9 Å². The van der Waals surface area contributed by atoms with Gasteiger partial charge in [0, 0.05) is 0 Å². The van der Waals surface area contributed by atoms with Crippen LogP contribution >= 0.6 is 0 Å². The zero-order valence-corrected chi connectivity index (χ0v) is 14.5. The van der Waals surface area contributed by atoms with Gasteiger partial charge >= 0.3 is 12.1 Å². The van der Waals surface area contributed by atoms with Crippen molar-refractivity contribution in [2.75, 3.05) is 13.7 Å². The van der Waals surface area contributed by atoms with E-state index in [1.807, 2.05) is 13.8 Å². The molecule has 7 heteroatoms. The molecule has 7 nitrogen and oxygen atoms in total. The van der Waals surface area contributed by atoms with E-state index in [2.05, 4.69) is 4.74 Å². The molecule has 0 bridgehead atoms. The minimum absolute atomic E-state index is 0.0111. The molecule has 2 amide bonds. The summed E-state index contributed by atoms with van der Waals surface area (Å²) in [5.41, 5.74) is 0.485. The van der Waals surface area contributed by atoms with Gasteiger partial charge in [-0.3, -0.25) is 9.59 Å². The van der Waals surface area contributed by atoms with Crippen LogP contribution in [0.5, 0.6) is 0 Å². The fourth-order valence-electron chi connectivity index (χ4n) is 2.84. The third-order valence-electron chi connectivity index (χ3n) is 4.37. The molecule has 0 saturated carbocycles. The van der Waals surface area contributed by atoms with Gasteiger partial charge in [0.1, 0.15) is 6.61 Å². The van der Waals surface area contributed by atoms with Gasteiger partial charge in [0.05, 0.1) is 31.6 Å². The van der Waals surface area contributed by atoms with Gasteiger partial charge < -0.3 is 14.6 Å². The lowest BCUT2D eigenvalue weighted by molar-refractivity contribution is -0.149. The number of methoxy groups -OCH3 is 1. The largest absolute Gasteiger partial charge is 0.469 e. The van der Waals surface area contributed by atoms with Gasteiger partial charge in [-0.05, 0) is 11.5 Å². The zero-order chi connectivity index (χ0) is 18.6. The molecule has 1 N–H and O–H groups in total. The number of cyclic esters (lactones) is 1. The molecule has 1 heterocycles. The first-order chi connectivity index (χ1) is 11.9. The lowest BCUT2D eigenvalue weighted by atomic mass is 9.90. The van der Waals surface area contributed by atoms with Gasteiger partial charge in [-0.15, -0.1) is 0 Å². The van der Waals surface area contributed by atoms with Crippen LogP contribution in [0.4, 0.5) is 4.79 Å². The highest BCUT2D eigenvalue weighted by Gasteiger charge is 2.44. The zero-order valence-electron chi connectivity index (χ0n) is 14.5. The maximum absolute atomic E-state index is 13.0. The first-order valence-electron chi connectivity index (χ1n) is 8.16. The third-order valence-corrected chi connectivity index (χ3v) is 4.37. The smallest absolute Gasteiger partial charge is 0.416 e. The van der Waals surface area contributed by atoms with Crippen LogP contribution in [0.2, 0.25) is 0 Å². The summed E-state index contributed by atoms with van der Waals surface area (Å²) >= 11 is 0. The molecule has 1 aliphatic rings. The molecule has 2 rings (SSSR count). The van der Waals surface area contributed by atoms with E-state index in [0.717, 1.165) is 4.90 Å². The van der Waals surface area contributed by atoms with Gasteiger partial charge in [-0.25, -0.2) is 9.69 Å². The summed E-state index contributed by atoms with van der Waals surface area (Å²) in [5, 5.41) is 10.7. The average Bonchev–Trinajstić information content (AvgIpc) is 3.00. The van der Waals surface area contributed by atoms with Gasteiger partial charge in [0.15, 0.2) is 0 Å². The van der Waals surface area contributed by atoms with Crippen molar-refractivity contribution in [3.63, 3.8) is 0 Å². The number of hydrogen-bond donors (Lipinski definition) is 1. The fraction of sp³-hybridized carbons (Fsp3) is 0.500. The minimum atomic E-state index is -1.24. The first-order valence-corrected chi connectivity index (χ1v) is 8.16. The SMILES string of the molecule is COC(=O)C[C@@H](C(=O)N1C(=O)OC[C@@H]1C(C)C)[C@H](O)c1ccccc1. The number of nitrogens with zero attached hydrogens (tertiary/aromatic N) is 1. The summed E-state index contributed by atoms with van der Waals surface area (Å²) < 4.78 is 9.64. The number of esters is 1. The Labute approximate surface area is 146 Å². The molecule has 0 spiro atoms. The lowest BCUT2D eigenvalue weighted by Crippen LogP contribution is -2.46. The molecule has 0 radical (unpaired) electrons. The Morgan fingerprint density at radius 1 is 1.32 bits per heavy atom. The van der Waals surface area contributed by atoms with E-state index in [0.29, 0.717) is 5.56 Å². The number of carbonyl (C=O) groups excluding carboxylic acids is 3. The van der Waals surface area contributed by atoms with Crippen molar-refractivity contribution in [3.8, 4) is 0 Å². The summed E-state index contributed by atoms with van der Waals surface area (Å²) in [4.78, 5) is 37.8. The van der Waals surface area contributed by atoms with Crippen LogP contribution in [0.25, 0.3) is 0 Å².